The number of carbonyl (C=O) groups excluding carboxylic acids is 1. The zero-order valence-electron chi connectivity index (χ0n) is 17.5. The quantitative estimate of drug-likeness (QED) is 0.531. The molecule has 2 atom stereocenters. The predicted molar refractivity (Wildman–Crippen MR) is 127 cm³/mol. The van der Waals surface area contributed by atoms with Crippen molar-refractivity contribution in [1.82, 2.24) is 0 Å². The number of hydrogen-bond acceptors (Lipinski definition) is 3. The first kappa shape index (κ1) is 21.3. The number of aliphatic hydroxyl groups is 1. The van der Waals surface area contributed by atoms with Gasteiger partial charge in [0.1, 0.15) is 5.54 Å². The number of halogens is 2. The average Bonchev–Trinajstić information content (AvgIpc) is 3.34. The molecular formula is C25H22Cl2N2O3. The van der Waals surface area contributed by atoms with Crippen LogP contribution in [0.2, 0.25) is 10.0 Å². The zero-order valence-corrected chi connectivity index (χ0v) is 19.0. The minimum atomic E-state index is -1.68. The topological polar surface area (TPSA) is 53.0 Å². The Hall–Kier alpha value is -2.57. The number of nitrogens with zero attached hydrogens (tertiary/aromatic N) is 2. The van der Waals surface area contributed by atoms with Crippen molar-refractivity contribution in [1.29, 1.82) is 0 Å². The molecule has 0 aliphatic carbocycles. The van der Waals surface area contributed by atoms with E-state index in [1.165, 1.54) is 4.90 Å². The predicted octanol–water partition coefficient (Wildman–Crippen LogP) is 5.75. The molecule has 1 N–H and O–H groups in total. The van der Waals surface area contributed by atoms with Crippen molar-refractivity contribution in [3.8, 4) is 0 Å². The number of ether oxygens (including phenoxy) is 1. The van der Waals surface area contributed by atoms with Crippen molar-refractivity contribution in [2.24, 2.45) is 0 Å². The van der Waals surface area contributed by atoms with Crippen LogP contribution in [-0.2, 0) is 10.5 Å². The summed E-state index contributed by atoms with van der Waals surface area (Å²) in [7, 11) is 0. The van der Waals surface area contributed by atoms with Gasteiger partial charge in [-0.1, -0.05) is 53.0 Å². The van der Waals surface area contributed by atoms with Gasteiger partial charge >= 0.3 is 6.03 Å². The van der Waals surface area contributed by atoms with Crippen LogP contribution in [0.4, 0.5) is 16.2 Å². The highest BCUT2D eigenvalue weighted by Crippen LogP contribution is 2.54. The molecule has 5 nitrogen and oxygen atoms in total. The molecule has 2 unspecified atom stereocenters. The van der Waals surface area contributed by atoms with Crippen LogP contribution in [0, 0.1) is 6.92 Å². The minimum Gasteiger partial charge on any atom is -0.379 e. The highest BCUT2D eigenvalue weighted by atomic mass is 35.5. The highest BCUT2D eigenvalue weighted by Gasteiger charge is 2.69. The summed E-state index contributed by atoms with van der Waals surface area (Å²) in [5.74, 6) is 0. The van der Waals surface area contributed by atoms with E-state index in [1.807, 2.05) is 31.2 Å². The fraction of sp³-hybridized carbons (Fsp3) is 0.240. The molecule has 2 saturated heterocycles. The number of anilines is 2. The third kappa shape index (κ3) is 3.04. The van der Waals surface area contributed by atoms with Gasteiger partial charge in [0.15, 0.2) is 5.72 Å². The lowest BCUT2D eigenvalue weighted by Crippen LogP contribution is -2.60. The third-order valence-electron chi connectivity index (χ3n) is 6.37. The van der Waals surface area contributed by atoms with Crippen LogP contribution in [0.3, 0.4) is 0 Å². The van der Waals surface area contributed by atoms with Crippen LogP contribution in [-0.4, -0.2) is 29.9 Å². The second kappa shape index (κ2) is 7.78. The molecule has 1 spiro atoms. The van der Waals surface area contributed by atoms with Gasteiger partial charge in [0, 0.05) is 40.0 Å². The first-order valence-corrected chi connectivity index (χ1v) is 11.2. The first-order valence-electron chi connectivity index (χ1n) is 10.4. The molecule has 2 fully saturated rings. The number of carbonyl (C=O) groups is 1. The number of aryl methyl sites for hydroxylation is 1. The van der Waals surface area contributed by atoms with Crippen molar-refractivity contribution < 1.29 is 14.6 Å². The summed E-state index contributed by atoms with van der Waals surface area (Å²) in [5, 5.41) is 13.7. The lowest BCUT2D eigenvalue weighted by atomic mass is 9.79. The van der Waals surface area contributed by atoms with Crippen molar-refractivity contribution in [2.75, 3.05) is 23.0 Å². The molecule has 0 radical (unpaired) electrons. The van der Waals surface area contributed by atoms with Gasteiger partial charge in [-0.2, -0.15) is 0 Å². The van der Waals surface area contributed by atoms with Gasteiger partial charge in [-0.05, 0) is 55.5 Å². The van der Waals surface area contributed by atoms with E-state index in [9.17, 15) is 9.90 Å². The molecule has 0 saturated carbocycles. The largest absolute Gasteiger partial charge is 0.379 e. The van der Waals surface area contributed by atoms with Crippen LogP contribution < -0.4 is 9.80 Å². The zero-order chi connectivity index (χ0) is 22.5. The maximum Gasteiger partial charge on any atom is 0.332 e. The van der Waals surface area contributed by atoms with Crippen LogP contribution in [0.15, 0.2) is 72.8 Å². The van der Waals surface area contributed by atoms with Crippen LogP contribution in [0.1, 0.15) is 17.5 Å². The Labute approximate surface area is 196 Å². The second-order valence-electron chi connectivity index (χ2n) is 8.28. The molecule has 164 valence electrons. The Balaban J connectivity index is 1.79. The summed E-state index contributed by atoms with van der Waals surface area (Å²) >= 11 is 12.2. The maximum absolute atomic E-state index is 14.1. The lowest BCUT2D eigenvalue weighted by Gasteiger charge is -2.44. The number of amides is 2. The monoisotopic (exact) mass is 468 g/mol. The number of benzene rings is 3. The summed E-state index contributed by atoms with van der Waals surface area (Å²) in [5.41, 5.74) is 0.0885. The van der Waals surface area contributed by atoms with Crippen molar-refractivity contribution in [3.05, 3.63) is 94.0 Å². The third-order valence-corrected chi connectivity index (χ3v) is 6.88. The van der Waals surface area contributed by atoms with E-state index in [4.69, 9.17) is 27.9 Å². The van der Waals surface area contributed by atoms with Gasteiger partial charge in [-0.15, -0.1) is 0 Å². The standard InChI is InChI=1S/C25H22Cl2N2O3/c1-17-3-2-4-18(15-17)25(31)24(13-14-32-16-24)28(21-9-5-19(26)6-10-21)23(30)29(25)22-11-7-20(27)8-12-22/h2-12,15,31H,13-14,16H2,1H3. The van der Waals surface area contributed by atoms with Gasteiger partial charge in [0.25, 0.3) is 0 Å². The van der Waals surface area contributed by atoms with Gasteiger partial charge in [0.05, 0.1) is 6.61 Å². The molecule has 3 aromatic rings. The summed E-state index contributed by atoms with van der Waals surface area (Å²) < 4.78 is 5.83. The Morgan fingerprint density at radius 1 is 0.906 bits per heavy atom. The average molecular weight is 469 g/mol. The number of rotatable bonds is 3. The molecule has 32 heavy (non-hydrogen) atoms. The van der Waals surface area contributed by atoms with Crippen LogP contribution in [0.5, 0.6) is 0 Å². The minimum absolute atomic E-state index is 0.190. The Kier molecular flexibility index (Phi) is 5.18. The van der Waals surface area contributed by atoms with Gasteiger partial charge in [0.2, 0.25) is 0 Å². The summed E-state index contributed by atoms with van der Waals surface area (Å²) in [4.78, 5) is 17.2. The molecule has 2 heterocycles. The Morgan fingerprint density at radius 3 is 2.03 bits per heavy atom. The van der Waals surface area contributed by atoms with E-state index >= 15 is 0 Å². The molecule has 0 aromatic heterocycles. The van der Waals surface area contributed by atoms with Gasteiger partial charge < -0.3 is 9.84 Å². The summed E-state index contributed by atoms with van der Waals surface area (Å²) in [6.07, 6.45) is 0.468. The number of hydrogen-bond donors (Lipinski definition) is 1. The van der Waals surface area contributed by atoms with Crippen molar-refractivity contribution >= 4 is 40.6 Å². The Morgan fingerprint density at radius 2 is 1.50 bits per heavy atom. The Bertz CT molecular complexity index is 1160. The lowest BCUT2D eigenvalue weighted by molar-refractivity contribution is -0.0212. The molecular weight excluding hydrogens is 447 g/mol. The van der Waals surface area contributed by atoms with E-state index in [-0.39, 0.29) is 12.6 Å². The van der Waals surface area contributed by atoms with Crippen molar-refractivity contribution in [2.45, 2.75) is 24.6 Å². The normalized spacial score (nSPS) is 25.2. The van der Waals surface area contributed by atoms with Gasteiger partial charge in [-0.25, -0.2) is 4.79 Å². The van der Waals surface area contributed by atoms with Crippen LogP contribution >= 0.6 is 23.2 Å². The fourth-order valence-corrected chi connectivity index (χ4v) is 5.14. The molecule has 2 aliphatic heterocycles. The van der Waals surface area contributed by atoms with Crippen LogP contribution in [0.25, 0.3) is 0 Å². The first-order chi connectivity index (χ1) is 15.4. The molecule has 7 heteroatoms. The summed E-state index contributed by atoms with van der Waals surface area (Å²) in [6, 6.07) is 21.3. The second-order valence-corrected chi connectivity index (χ2v) is 9.15. The van der Waals surface area contributed by atoms with E-state index in [0.717, 1.165) is 5.56 Å². The van der Waals surface area contributed by atoms with E-state index in [0.29, 0.717) is 40.0 Å². The van der Waals surface area contributed by atoms with E-state index in [1.54, 1.807) is 53.4 Å². The highest BCUT2D eigenvalue weighted by molar-refractivity contribution is 6.31. The smallest absolute Gasteiger partial charge is 0.332 e. The molecule has 2 amide bonds. The molecule has 2 aliphatic rings. The number of urea groups is 1. The molecule has 0 bridgehead atoms. The summed E-state index contributed by atoms with van der Waals surface area (Å²) in [6.45, 7) is 2.58. The van der Waals surface area contributed by atoms with E-state index in [2.05, 4.69) is 0 Å². The van der Waals surface area contributed by atoms with E-state index < -0.39 is 11.3 Å². The maximum atomic E-state index is 14.1. The SMILES string of the molecule is Cc1cccc(C2(O)N(c3ccc(Cl)cc3)C(=O)N(c3ccc(Cl)cc3)C23CCOC3)c1. The molecule has 3 aromatic carbocycles. The molecule has 5 rings (SSSR count). The van der Waals surface area contributed by atoms with Gasteiger partial charge in [-0.3, -0.25) is 9.80 Å². The fourth-order valence-electron chi connectivity index (χ4n) is 4.89. The van der Waals surface area contributed by atoms with Crippen molar-refractivity contribution in [3.63, 3.8) is 0 Å².